The number of rotatable bonds is 2. The molecule has 0 N–H and O–H groups in total. The van der Waals surface area contributed by atoms with Crippen molar-refractivity contribution < 1.29 is 4.79 Å². The Morgan fingerprint density at radius 2 is 2.22 bits per heavy atom. The number of carbonyl (C=O) groups is 1. The summed E-state index contributed by atoms with van der Waals surface area (Å²) in [6, 6.07) is 2.13. The topological polar surface area (TPSA) is 25.2 Å². The highest BCUT2D eigenvalue weighted by Crippen LogP contribution is 2.37. The molecule has 0 atom stereocenters. The molecule has 0 radical (unpaired) electrons. The van der Waals surface area contributed by atoms with Gasteiger partial charge >= 0.3 is 0 Å². The van der Waals surface area contributed by atoms with E-state index in [9.17, 15) is 4.79 Å². The first-order valence-corrected chi connectivity index (χ1v) is 7.62. The van der Waals surface area contributed by atoms with Gasteiger partial charge in [-0.2, -0.15) is 0 Å². The third-order valence-electron chi connectivity index (χ3n) is 3.83. The lowest BCUT2D eigenvalue weighted by molar-refractivity contribution is 0.0859. The van der Waals surface area contributed by atoms with E-state index in [-0.39, 0.29) is 5.91 Å². The summed E-state index contributed by atoms with van der Waals surface area (Å²) in [5, 5.41) is 0. The van der Waals surface area contributed by atoms with E-state index < -0.39 is 0 Å². The van der Waals surface area contributed by atoms with E-state index in [0.717, 1.165) is 37.2 Å². The van der Waals surface area contributed by atoms with Crippen LogP contribution in [-0.2, 0) is 19.4 Å². The molecule has 3 heterocycles. The van der Waals surface area contributed by atoms with Crippen LogP contribution in [0.3, 0.4) is 0 Å². The summed E-state index contributed by atoms with van der Waals surface area (Å²) in [7, 11) is 0. The number of nitrogens with zero attached hydrogens (tertiary/aromatic N) is 2. The monoisotopic (exact) mass is 264 g/mol. The summed E-state index contributed by atoms with van der Waals surface area (Å²) in [4.78, 5) is 12.4. The van der Waals surface area contributed by atoms with Crippen LogP contribution in [0.2, 0.25) is 0 Å². The predicted octanol–water partition coefficient (Wildman–Crippen LogP) is 2.74. The zero-order valence-electron chi connectivity index (χ0n) is 11.3. The Bertz CT molecular complexity index is 504. The van der Waals surface area contributed by atoms with Gasteiger partial charge in [-0.05, 0) is 29.9 Å². The highest BCUT2D eigenvalue weighted by Gasteiger charge is 2.35. The van der Waals surface area contributed by atoms with Gasteiger partial charge in [-0.1, -0.05) is 20.8 Å². The fraction of sp³-hybridized carbons (Fsp3) is 0.643. The Morgan fingerprint density at radius 1 is 1.44 bits per heavy atom. The molecule has 18 heavy (non-hydrogen) atoms. The van der Waals surface area contributed by atoms with Crippen molar-refractivity contribution in [2.24, 2.45) is 5.41 Å². The lowest BCUT2D eigenvalue weighted by atomic mass is 9.90. The van der Waals surface area contributed by atoms with Crippen molar-refractivity contribution in [3.8, 4) is 0 Å². The molecule has 1 aromatic rings. The van der Waals surface area contributed by atoms with Crippen LogP contribution >= 0.6 is 11.9 Å². The van der Waals surface area contributed by atoms with Gasteiger partial charge in [0.25, 0.3) is 5.91 Å². The Hall–Kier alpha value is -0.900. The molecule has 1 aromatic heterocycles. The molecule has 0 unspecified atom stereocenters. The van der Waals surface area contributed by atoms with Crippen LogP contribution in [0.5, 0.6) is 0 Å². The summed E-state index contributed by atoms with van der Waals surface area (Å²) in [6.45, 7) is 8.61. The molecule has 98 valence electrons. The molecule has 3 rings (SSSR count). The second-order valence-electron chi connectivity index (χ2n) is 6.00. The number of hydrogen-bond donors (Lipinski definition) is 0. The third-order valence-corrected chi connectivity index (χ3v) is 4.75. The number of carbonyl (C=O) groups excluding carboxylic acids is 1. The smallest absolute Gasteiger partial charge is 0.265 e. The van der Waals surface area contributed by atoms with E-state index in [1.54, 1.807) is 11.9 Å². The Labute approximate surface area is 113 Å². The van der Waals surface area contributed by atoms with Gasteiger partial charge in [-0.15, -0.1) is 0 Å². The fourth-order valence-electron chi connectivity index (χ4n) is 3.14. The first-order valence-electron chi connectivity index (χ1n) is 6.68. The maximum absolute atomic E-state index is 12.4. The molecule has 0 aromatic carbocycles. The molecule has 2 aliphatic rings. The minimum atomic E-state index is 0.211. The number of amides is 1. The highest BCUT2D eigenvalue weighted by molar-refractivity contribution is 7.97. The van der Waals surface area contributed by atoms with Crippen LogP contribution in [0.4, 0.5) is 0 Å². The second-order valence-corrected chi connectivity index (χ2v) is 7.27. The van der Waals surface area contributed by atoms with E-state index in [1.807, 2.05) is 4.31 Å². The average Bonchev–Trinajstić information content (AvgIpc) is 2.75. The normalized spacial score (nSPS) is 21.1. The Kier molecular flexibility index (Phi) is 2.73. The Morgan fingerprint density at radius 3 is 2.94 bits per heavy atom. The van der Waals surface area contributed by atoms with E-state index in [4.69, 9.17) is 0 Å². The first-order chi connectivity index (χ1) is 8.52. The standard InChI is InChI=1S/C14H20N2OS/c1-4-18-16-6-5-12-11(13(16)17)7-10-8-14(2,3)9-15(10)12/h7H,4-6,8-9H2,1-3H3. The van der Waals surface area contributed by atoms with Crippen molar-refractivity contribution in [3.05, 3.63) is 23.0 Å². The SMILES string of the molecule is CCSN1CCc2c(cc3n2CC(C)(C)C3)C1=O. The van der Waals surface area contributed by atoms with Crippen molar-refractivity contribution in [1.29, 1.82) is 0 Å². The van der Waals surface area contributed by atoms with Crippen LogP contribution in [0.15, 0.2) is 6.07 Å². The number of fused-ring (bicyclic) bond motifs is 3. The minimum absolute atomic E-state index is 0.211. The van der Waals surface area contributed by atoms with Crippen molar-refractivity contribution >= 4 is 17.9 Å². The van der Waals surface area contributed by atoms with E-state index >= 15 is 0 Å². The summed E-state index contributed by atoms with van der Waals surface area (Å²) in [5.41, 5.74) is 3.92. The minimum Gasteiger partial charge on any atom is -0.347 e. The molecule has 0 bridgehead atoms. The van der Waals surface area contributed by atoms with Crippen molar-refractivity contribution in [1.82, 2.24) is 8.87 Å². The zero-order chi connectivity index (χ0) is 12.9. The number of hydrogen-bond acceptors (Lipinski definition) is 2. The summed E-state index contributed by atoms with van der Waals surface area (Å²) < 4.78 is 4.31. The largest absolute Gasteiger partial charge is 0.347 e. The molecule has 0 aliphatic carbocycles. The summed E-state index contributed by atoms with van der Waals surface area (Å²) >= 11 is 1.64. The maximum Gasteiger partial charge on any atom is 0.265 e. The lowest BCUT2D eigenvalue weighted by Gasteiger charge is -2.27. The molecular formula is C14H20N2OS. The van der Waals surface area contributed by atoms with Crippen molar-refractivity contribution in [3.63, 3.8) is 0 Å². The van der Waals surface area contributed by atoms with Crippen LogP contribution in [0.25, 0.3) is 0 Å². The van der Waals surface area contributed by atoms with Crippen LogP contribution in [0, 0.1) is 5.41 Å². The zero-order valence-corrected chi connectivity index (χ0v) is 12.1. The molecular weight excluding hydrogens is 244 g/mol. The van der Waals surface area contributed by atoms with E-state index in [1.165, 1.54) is 11.4 Å². The number of aromatic nitrogens is 1. The van der Waals surface area contributed by atoms with Gasteiger partial charge in [0.1, 0.15) is 0 Å². The summed E-state index contributed by atoms with van der Waals surface area (Å²) in [5.74, 6) is 1.17. The van der Waals surface area contributed by atoms with Gasteiger partial charge in [-0.3, -0.25) is 9.10 Å². The maximum atomic E-state index is 12.4. The molecule has 3 nitrogen and oxygen atoms in total. The summed E-state index contributed by atoms with van der Waals surface area (Å²) in [6.07, 6.45) is 2.10. The molecule has 0 spiro atoms. The fourth-order valence-corrected chi connectivity index (χ4v) is 3.89. The highest BCUT2D eigenvalue weighted by atomic mass is 32.2. The molecule has 0 saturated carbocycles. The van der Waals surface area contributed by atoms with Crippen LogP contribution in [-0.4, -0.2) is 27.1 Å². The first kappa shape index (κ1) is 12.2. The van der Waals surface area contributed by atoms with Gasteiger partial charge in [-0.25, -0.2) is 0 Å². The quantitative estimate of drug-likeness (QED) is 0.767. The molecule has 0 fully saturated rings. The molecule has 1 amide bonds. The van der Waals surface area contributed by atoms with Gasteiger partial charge in [0.15, 0.2) is 0 Å². The van der Waals surface area contributed by atoms with Crippen LogP contribution < -0.4 is 0 Å². The van der Waals surface area contributed by atoms with Gasteiger partial charge in [0.05, 0.1) is 5.56 Å². The molecule has 2 aliphatic heterocycles. The van der Waals surface area contributed by atoms with Gasteiger partial charge in [0.2, 0.25) is 0 Å². The third kappa shape index (κ3) is 1.78. The average molecular weight is 264 g/mol. The van der Waals surface area contributed by atoms with Crippen molar-refractivity contribution in [2.45, 2.75) is 40.2 Å². The van der Waals surface area contributed by atoms with Crippen LogP contribution in [0.1, 0.15) is 42.5 Å². The predicted molar refractivity (Wildman–Crippen MR) is 74.8 cm³/mol. The second kappa shape index (κ2) is 4.05. The van der Waals surface area contributed by atoms with Gasteiger partial charge < -0.3 is 4.57 Å². The van der Waals surface area contributed by atoms with E-state index in [2.05, 4.69) is 31.4 Å². The Balaban J connectivity index is 1.94. The van der Waals surface area contributed by atoms with E-state index in [0.29, 0.717) is 5.41 Å². The van der Waals surface area contributed by atoms with Crippen molar-refractivity contribution in [2.75, 3.05) is 12.3 Å². The van der Waals surface area contributed by atoms with Gasteiger partial charge in [0, 0.05) is 36.7 Å². The molecule has 0 saturated heterocycles. The molecule has 4 heteroatoms. The lowest BCUT2D eigenvalue weighted by Crippen LogP contribution is -2.33.